The van der Waals surface area contributed by atoms with Crippen LogP contribution in [0, 0.1) is 0 Å². The molecule has 3 aromatic heterocycles. The molecule has 0 aliphatic rings. The Hall–Kier alpha value is -2.54. The average molecular weight is 369 g/mol. The van der Waals surface area contributed by atoms with E-state index in [4.69, 9.17) is 0 Å². The molecule has 26 heavy (non-hydrogen) atoms. The van der Waals surface area contributed by atoms with Crippen molar-refractivity contribution >= 4 is 33.4 Å². The highest BCUT2D eigenvalue weighted by Crippen LogP contribution is 2.25. The Morgan fingerprint density at radius 1 is 1.27 bits per heavy atom. The first-order chi connectivity index (χ1) is 12.7. The number of thiophene rings is 1. The summed E-state index contributed by atoms with van der Waals surface area (Å²) in [5.74, 6) is 0.440. The summed E-state index contributed by atoms with van der Waals surface area (Å²) < 4.78 is 0.844. The molecule has 3 rings (SSSR count). The van der Waals surface area contributed by atoms with Crippen LogP contribution in [-0.4, -0.2) is 38.8 Å². The molecule has 136 valence electrons. The van der Waals surface area contributed by atoms with Crippen LogP contribution in [0.25, 0.3) is 10.2 Å². The van der Waals surface area contributed by atoms with E-state index in [-0.39, 0.29) is 5.91 Å². The molecule has 0 atom stereocenters. The largest absolute Gasteiger partial charge is 0.350 e. The van der Waals surface area contributed by atoms with Crippen LogP contribution in [0.2, 0.25) is 0 Å². The Morgan fingerprint density at radius 2 is 2.15 bits per heavy atom. The summed E-state index contributed by atoms with van der Waals surface area (Å²) in [6.45, 7) is 6.11. The highest BCUT2D eigenvalue weighted by molar-refractivity contribution is 7.17. The van der Waals surface area contributed by atoms with Crippen LogP contribution in [0.5, 0.6) is 0 Å². The molecular weight excluding hydrogens is 346 g/mol. The molecule has 0 spiro atoms. The van der Waals surface area contributed by atoms with Crippen LogP contribution in [-0.2, 0) is 6.54 Å². The molecule has 0 aliphatic carbocycles. The van der Waals surface area contributed by atoms with Crippen molar-refractivity contribution in [3.05, 3.63) is 47.2 Å². The van der Waals surface area contributed by atoms with Gasteiger partial charge in [-0.3, -0.25) is 9.78 Å². The lowest BCUT2D eigenvalue weighted by Gasteiger charge is -2.20. The van der Waals surface area contributed by atoms with Gasteiger partial charge in [0, 0.05) is 32.0 Å². The predicted octanol–water partition coefficient (Wildman–Crippen LogP) is 3.96. The van der Waals surface area contributed by atoms with Crippen LogP contribution in [0.3, 0.4) is 0 Å². The normalized spacial score (nSPS) is 10.8. The van der Waals surface area contributed by atoms with E-state index in [0.29, 0.717) is 24.7 Å². The molecule has 0 radical (unpaired) electrons. The Kier molecular flexibility index (Phi) is 6.12. The van der Waals surface area contributed by atoms with Gasteiger partial charge in [-0.25, -0.2) is 9.97 Å². The molecule has 0 unspecified atom stereocenters. The maximum atomic E-state index is 13.0. The number of unbranched alkanes of at least 4 members (excludes halogenated alkanes) is 1. The molecule has 1 N–H and O–H groups in total. The zero-order valence-electron chi connectivity index (χ0n) is 15.1. The van der Waals surface area contributed by atoms with E-state index in [0.717, 1.165) is 35.2 Å². The van der Waals surface area contributed by atoms with Gasteiger partial charge in [0.2, 0.25) is 5.95 Å². The number of hydrogen-bond acceptors (Lipinski definition) is 6. The van der Waals surface area contributed by atoms with Gasteiger partial charge in [0.25, 0.3) is 5.91 Å². The van der Waals surface area contributed by atoms with Crippen molar-refractivity contribution in [3.63, 3.8) is 0 Å². The first-order valence-corrected chi connectivity index (χ1v) is 9.78. The number of nitrogens with one attached hydrogen (secondary N) is 1. The second kappa shape index (κ2) is 8.71. The summed E-state index contributed by atoms with van der Waals surface area (Å²) in [6.07, 6.45) is 5.58. The fraction of sp³-hybridized carbons (Fsp3) is 0.368. The van der Waals surface area contributed by atoms with Crippen LogP contribution in [0.1, 0.15) is 42.7 Å². The van der Waals surface area contributed by atoms with Crippen molar-refractivity contribution in [3.8, 4) is 0 Å². The lowest BCUT2D eigenvalue weighted by Crippen LogP contribution is -2.32. The minimum absolute atomic E-state index is 0.0276. The minimum Gasteiger partial charge on any atom is -0.350 e. The summed E-state index contributed by atoms with van der Waals surface area (Å²) in [6, 6.07) is 5.80. The minimum atomic E-state index is -0.0276. The van der Waals surface area contributed by atoms with Gasteiger partial charge in [-0.1, -0.05) is 19.4 Å². The molecule has 0 bridgehead atoms. The second-order valence-electron chi connectivity index (χ2n) is 5.98. The van der Waals surface area contributed by atoms with E-state index in [1.54, 1.807) is 12.4 Å². The zero-order valence-corrected chi connectivity index (χ0v) is 15.9. The van der Waals surface area contributed by atoms with Crippen molar-refractivity contribution < 1.29 is 4.79 Å². The second-order valence-corrected chi connectivity index (χ2v) is 6.90. The molecular formula is C19H23N5OS. The van der Waals surface area contributed by atoms with Gasteiger partial charge in [0.1, 0.15) is 0 Å². The van der Waals surface area contributed by atoms with E-state index < -0.39 is 0 Å². The topological polar surface area (TPSA) is 71.0 Å². The maximum absolute atomic E-state index is 13.0. The standard InChI is InChI=1S/C19H23N5OS/c1-3-5-10-24(4-2)18(25)16-17-15(8-11-26-17)22-19(23-16)21-13-14-7-6-9-20-12-14/h6-9,11-12H,3-5,10,13H2,1-2H3,(H,21,22,23). The third-order valence-electron chi connectivity index (χ3n) is 4.13. The van der Waals surface area contributed by atoms with E-state index in [9.17, 15) is 4.79 Å². The van der Waals surface area contributed by atoms with Gasteiger partial charge in [0.15, 0.2) is 5.69 Å². The number of fused-ring (bicyclic) bond motifs is 1. The monoisotopic (exact) mass is 369 g/mol. The van der Waals surface area contributed by atoms with E-state index in [2.05, 4.69) is 27.2 Å². The van der Waals surface area contributed by atoms with Crippen molar-refractivity contribution in [2.24, 2.45) is 0 Å². The molecule has 6 nitrogen and oxygen atoms in total. The zero-order chi connectivity index (χ0) is 18.4. The number of nitrogens with zero attached hydrogens (tertiary/aromatic N) is 4. The number of carbonyl (C=O) groups is 1. The molecule has 0 saturated heterocycles. The molecule has 7 heteroatoms. The average Bonchev–Trinajstić information content (AvgIpc) is 3.15. The summed E-state index contributed by atoms with van der Waals surface area (Å²) in [5, 5.41) is 5.16. The van der Waals surface area contributed by atoms with Crippen molar-refractivity contribution in [2.75, 3.05) is 18.4 Å². The molecule has 3 heterocycles. The lowest BCUT2D eigenvalue weighted by atomic mass is 10.2. The Morgan fingerprint density at radius 3 is 2.88 bits per heavy atom. The summed E-state index contributed by atoms with van der Waals surface area (Å²) in [5.41, 5.74) is 2.32. The van der Waals surface area contributed by atoms with Gasteiger partial charge >= 0.3 is 0 Å². The Bertz CT molecular complexity index is 865. The highest BCUT2D eigenvalue weighted by Gasteiger charge is 2.20. The van der Waals surface area contributed by atoms with E-state index >= 15 is 0 Å². The van der Waals surface area contributed by atoms with Crippen molar-refractivity contribution in [1.82, 2.24) is 19.9 Å². The third kappa shape index (κ3) is 4.16. The molecule has 3 aromatic rings. The van der Waals surface area contributed by atoms with Gasteiger partial charge < -0.3 is 10.2 Å². The first kappa shape index (κ1) is 18.3. The van der Waals surface area contributed by atoms with Crippen molar-refractivity contribution in [1.29, 1.82) is 0 Å². The van der Waals surface area contributed by atoms with Gasteiger partial charge in [-0.2, -0.15) is 0 Å². The molecule has 0 saturated carbocycles. The molecule has 0 aromatic carbocycles. The third-order valence-corrected chi connectivity index (χ3v) is 5.04. The van der Waals surface area contributed by atoms with Gasteiger partial charge in [-0.15, -0.1) is 11.3 Å². The Balaban J connectivity index is 1.86. The van der Waals surface area contributed by atoms with Crippen LogP contribution in [0.4, 0.5) is 5.95 Å². The lowest BCUT2D eigenvalue weighted by molar-refractivity contribution is 0.0759. The number of aromatic nitrogens is 3. The SMILES string of the molecule is CCCCN(CC)C(=O)c1nc(NCc2cccnc2)nc2ccsc12. The molecule has 1 amide bonds. The van der Waals surface area contributed by atoms with Crippen LogP contribution >= 0.6 is 11.3 Å². The van der Waals surface area contributed by atoms with E-state index in [1.165, 1.54) is 11.3 Å². The number of anilines is 1. The number of rotatable bonds is 8. The van der Waals surface area contributed by atoms with Gasteiger partial charge in [-0.05, 0) is 36.4 Å². The smallest absolute Gasteiger partial charge is 0.274 e. The Labute approximate surface area is 157 Å². The molecule has 0 aliphatic heterocycles. The number of carbonyl (C=O) groups excluding carboxylic acids is 1. The number of hydrogen-bond donors (Lipinski definition) is 1. The number of amides is 1. The van der Waals surface area contributed by atoms with Crippen LogP contribution in [0.15, 0.2) is 36.0 Å². The summed E-state index contributed by atoms with van der Waals surface area (Å²) in [7, 11) is 0. The maximum Gasteiger partial charge on any atom is 0.274 e. The summed E-state index contributed by atoms with van der Waals surface area (Å²) in [4.78, 5) is 28.1. The number of pyridine rings is 1. The molecule has 0 fully saturated rings. The first-order valence-electron chi connectivity index (χ1n) is 8.90. The summed E-state index contributed by atoms with van der Waals surface area (Å²) >= 11 is 1.51. The predicted molar refractivity (Wildman–Crippen MR) is 105 cm³/mol. The fourth-order valence-corrected chi connectivity index (χ4v) is 3.49. The van der Waals surface area contributed by atoms with E-state index in [1.807, 2.05) is 35.4 Å². The fourth-order valence-electron chi connectivity index (χ4n) is 2.67. The highest BCUT2D eigenvalue weighted by atomic mass is 32.1. The van der Waals surface area contributed by atoms with Gasteiger partial charge in [0.05, 0.1) is 10.2 Å². The van der Waals surface area contributed by atoms with Crippen LogP contribution < -0.4 is 5.32 Å². The van der Waals surface area contributed by atoms with Crippen molar-refractivity contribution in [2.45, 2.75) is 33.2 Å². The quantitative estimate of drug-likeness (QED) is 0.651.